The molecule has 0 saturated heterocycles. The summed E-state index contributed by atoms with van der Waals surface area (Å²) in [7, 11) is -2.93. The molecular formula is C72H67N4OSi+. The van der Waals surface area contributed by atoms with E-state index in [1.54, 1.807) is 0 Å². The molecule has 0 amide bonds. The number of para-hydroxylation sites is 4. The minimum Gasteiger partial charge on any atom is -0.457 e. The van der Waals surface area contributed by atoms with Gasteiger partial charge in [0, 0.05) is 35.1 Å². The maximum Gasteiger partial charge on any atom is 0.255 e. The Balaban J connectivity index is 1.02. The van der Waals surface area contributed by atoms with E-state index in [0.29, 0.717) is 0 Å². The number of fused-ring (bicyclic) bond motifs is 3. The second-order valence-electron chi connectivity index (χ2n) is 24.0. The zero-order valence-corrected chi connectivity index (χ0v) is 47.3. The molecule has 0 spiro atoms. The highest BCUT2D eigenvalue weighted by molar-refractivity contribution is 7.21. The number of imidazole rings is 1. The van der Waals surface area contributed by atoms with Crippen LogP contribution in [0, 0.1) is 0 Å². The molecule has 1 aliphatic rings. The van der Waals surface area contributed by atoms with Gasteiger partial charge in [-0.05, 0) is 113 Å². The van der Waals surface area contributed by atoms with Crippen LogP contribution in [0.25, 0.3) is 44.7 Å². The molecule has 0 saturated carbocycles. The standard InChI is InChI=1S/C72H67N4OSi/c1-70(2,3)52-41-42-73-68(46-52)76-64-37-21-22-38-66(64)78(58-29-15-11-16-30-58,59-31-17-12-18-32-59)67-40-39-57(48-65(67)76)77-56-28-23-27-55(47-56)74-49-75(63-36-20-19-35-62(63)74)69-60(50-25-13-10-14-26-50)33-24-34-61(69)51-43-53(71(4,5)6)45-54(44-51)72(7,8)9/h10-49H,1-9H3/q+1. The molecule has 2 aromatic heterocycles. The number of hydrogen-bond donors (Lipinski definition) is 0. The van der Waals surface area contributed by atoms with Crippen LogP contribution in [0.15, 0.2) is 243 Å². The van der Waals surface area contributed by atoms with Gasteiger partial charge in [0.1, 0.15) is 28.7 Å². The van der Waals surface area contributed by atoms with Crippen LogP contribution in [-0.2, 0) is 16.2 Å². The highest BCUT2D eigenvalue weighted by atomic mass is 28.3. The fourth-order valence-corrected chi connectivity index (χ4v) is 16.7. The summed E-state index contributed by atoms with van der Waals surface area (Å²) in [6.07, 6.45) is 4.22. The quantitative estimate of drug-likeness (QED) is 0.107. The molecule has 9 aromatic carbocycles. The molecule has 0 unspecified atom stereocenters. The van der Waals surface area contributed by atoms with E-state index in [-0.39, 0.29) is 16.2 Å². The van der Waals surface area contributed by atoms with E-state index >= 15 is 0 Å². The SMILES string of the molecule is CC(C)(C)c1cc(-c2cccc(-c3ccccc3)c2-[n+]2cn(-c3cccc(Oc4ccc5c(c4)N(c4cc(C(C)(C)C)ccn4)c4ccccc4[Si]5(c4ccccc4)c4ccccc4)c3)c3ccccc32)cc(C(C)(C)C)c1. The number of aromatic nitrogens is 3. The number of pyridine rings is 1. The molecule has 3 heterocycles. The van der Waals surface area contributed by atoms with Crippen molar-refractivity contribution < 1.29 is 9.30 Å². The van der Waals surface area contributed by atoms with Gasteiger partial charge in [0.05, 0.1) is 5.69 Å². The van der Waals surface area contributed by atoms with Crippen molar-refractivity contribution >= 4 is 57.0 Å². The van der Waals surface area contributed by atoms with Crippen LogP contribution in [0.3, 0.4) is 0 Å². The van der Waals surface area contributed by atoms with Gasteiger partial charge in [-0.1, -0.05) is 232 Å². The molecule has 0 bridgehead atoms. The van der Waals surface area contributed by atoms with Crippen molar-refractivity contribution in [1.82, 2.24) is 9.55 Å². The third kappa shape index (κ3) is 8.94. The lowest BCUT2D eigenvalue weighted by atomic mass is 9.78. The fourth-order valence-electron chi connectivity index (χ4n) is 11.6. The van der Waals surface area contributed by atoms with E-state index in [9.17, 15) is 0 Å². The number of ether oxygens (including phenoxy) is 1. The summed E-state index contributed by atoms with van der Waals surface area (Å²) in [6, 6.07) is 84.5. The molecule has 12 rings (SSSR count). The average molecular weight is 1030 g/mol. The van der Waals surface area contributed by atoms with Crippen molar-refractivity contribution in [3.8, 4) is 45.1 Å². The van der Waals surface area contributed by atoms with Gasteiger partial charge in [-0.15, -0.1) is 0 Å². The number of anilines is 3. The molecular weight excluding hydrogens is 965 g/mol. The molecule has 0 fully saturated rings. The molecule has 0 N–H and O–H groups in total. The highest BCUT2D eigenvalue weighted by Gasteiger charge is 2.49. The monoisotopic (exact) mass is 1030 g/mol. The van der Waals surface area contributed by atoms with Crippen molar-refractivity contribution in [3.63, 3.8) is 0 Å². The fraction of sp³-hybridized carbons (Fsp3) is 0.167. The van der Waals surface area contributed by atoms with E-state index in [2.05, 4.69) is 313 Å². The topological polar surface area (TPSA) is 34.2 Å². The Labute approximate surface area is 461 Å². The Morgan fingerprint density at radius 3 is 1.67 bits per heavy atom. The van der Waals surface area contributed by atoms with Crippen LogP contribution < -0.4 is 35.0 Å². The predicted octanol–water partition coefficient (Wildman–Crippen LogP) is 15.5. The normalized spacial score (nSPS) is 13.3. The van der Waals surface area contributed by atoms with Gasteiger partial charge >= 0.3 is 0 Å². The summed E-state index contributed by atoms with van der Waals surface area (Å²) in [5, 5.41) is 5.25. The van der Waals surface area contributed by atoms with Crippen LogP contribution in [0.5, 0.6) is 11.5 Å². The Morgan fingerprint density at radius 2 is 1.00 bits per heavy atom. The van der Waals surface area contributed by atoms with E-state index in [1.165, 1.54) is 48.6 Å². The third-order valence-corrected chi connectivity index (χ3v) is 20.6. The predicted molar refractivity (Wildman–Crippen MR) is 328 cm³/mol. The molecule has 384 valence electrons. The summed E-state index contributed by atoms with van der Waals surface area (Å²) in [6.45, 7) is 20.7. The minimum absolute atomic E-state index is 0.0424. The van der Waals surface area contributed by atoms with Crippen LogP contribution in [0.4, 0.5) is 17.2 Å². The molecule has 11 aromatic rings. The Kier molecular flexibility index (Phi) is 12.5. The van der Waals surface area contributed by atoms with Gasteiger partial charge in [0.2, 0.25) is 0 Å². The lowest BCUT2D eigenvalue weighted by molar-refractivity contribution is -0.566. The summed E-state index contributed by atoms with van der Waals surface area (Å²) < 4.78 is 11.8. The van der Waals surface area contributed by atoms with E-state index in [0.717, 1.165) is 62.2 Å². The Morgan fingerprint density at radius 1 is 0.436 bits per heavy atom. The van der Waals surface area contributed by atoms with Crippen LogP contribution >= 0.6 is 0 Å². The lowest BCUT2D eigenvalue weighted by Crippen LogP contribution is -2.77. The van der Waals surface area contributed by atoms with Crippen LogP contribution in [0.2, 0.25) is 0 Å². The second kappa shape index (κ2) is 19.5. The van der Waals surface area contributed by atoms with E-state index in [1.807, 2.05) is 6.20 Å². The number of benzene rings is 9. The van der Waals surface area contributed by atoms with Crippen molar-refractivity contribution in [2.24, 2.45) is 0 Å². The van der Waals surface area contributed by atoms with Crippen LogP contribution in [0.1, 0.15) is 79.0 Å². The molecule has 0 radical (unpaired) electrons. The smallest absolute Gasteiger partial charge is 0.255 e. The minimum atomic E-state index is -2.93. The van der Waals surface area contributed by atoms with E-state index in [4.69, 9.17) is 9.72 Å². The lowest BCUT2D eigenvalue weighted by Gasteiger charge is -2.44. The van der Waals surface area contributed by atoms with Crippen molar-refractivity contribution in [2.75, 3.05) is 4.90 Å². The first-order valence-electron chi connectivity index (χ1n) is 27.3. The summed E-state index contributed by atoms with van der Waals surface area (Å²) in [5.41, 5.74) is 14.9. The number of nitrogens with zero attached hydrogens (tertiary/aromatic N) is 4. The van der Waals surface area contributed by atoms with Gasteiger partial charge in [0.15, 0.2) is 19.1 Å². The highest BCUT2D eigenvalue weighted by Crippen LogP contribution is 2.42. The summed E-state index contributed by atoms with van der Waals surface area (Å²) in [4.78, 5) is 7.51. The van der Waals surface area contributed by atoms with E-state index < -0.39 is 8.07 Å². The summed E-state index contributed by atoms with van der Waals surface area (Å²) in [5.74, 6) is 2.36. The molecule has 78 heavy (non-hydrogen) atoms. The average Bonchev–Trinajstić information content (AvgIpc) is 3.56. The number of rotatable bonds is 9. The number of hydrogen-bond acceptors (Lipinski definition) is 3. The van der Waals surface area contributed by atoms with Gasteiger partial charge < -0.3 is 4.74 Å². The van der Waals surface area contributed by atoms with Crippen molar-refractivity contribution in [3.05, 3.63) is 260 Å². The van der Waals surface area contributed by atoms with Gasteiger partial charge in [-0.3, -0.25) is 4.90 Å². The van der Waals surface area contributed by atoms with Gasteiger partial charge in [-0.25, -0.2) is 4.98 Å². The largest absolute Gasteiger partial charge is 0.457 e. The van der Waals surface area contributed by atoms with Gasteiger partial charge in [-0.2, -0.15) is 9.13 Å². The Bertz CT molecular complexity index is 3940. The van der Waals surface area contributed by atoms with Gasteiger partial charge in [0.25, 0.3) is 6.33 Å². The van der Waals surface area contributed by atoms with Crippen molar-refractivity contribution in [2.45, 2.75) is 78.6 Å². The molecule has 0 aliphatic carbocycles. The molecule has 6 heteroatoms. The van der Waals surface area contributed by atoms with Crippen LogP contribution in [-0.4, -0.2) is 17.6 Å². The zero-order valence-electron chi connectivity index (χ0n) is 46.3. The maximum absolute atomic E-state index is 7.12. The maximum atomic E-state index is 7.12. The first kappa shape index (κ1) is 50.2. The first-order chi connectivity index (χ1) is 37.6. The summed E-state index contributed by atoms with van der Waals surface area (Å²) >= 11 is 0. The third-order valence-electron chi connectivity index (χ3n) is 15.7. The van der Waals surface area contributed by atoms with Crippen molar-refractivity contribution in [1.29, 1.82) is 0 Å². The molecule has 0 atom stereocenters. The second-order valence-corrected chi connectivity index (χ2v) is 27.7. The molecule has 1 aliphatic heterocycles. The first-order valence-corrected chi connectivity index (χ1v) is 29.3. The molecule has 5 nitrogen and oxygen atoms in total. The zero-order chi connectivity index (χ0) is 54.0. The Hall–Kier alpha value is -8.58.